The predicted octanol–water partition coefficient (Wildman–Crippen LogP) is 2.46. The van der Waals surface area contributed by atoms with Crippen LogP contribution in [0.4, 0.5) is 5.69 Å². The van der Waals surface area contributed by atoms with Gasteiger partial charge in [-0.2, -0.15) is 0 Å². The highest BCUT2D eigenvalue weighted by molar-refractivity contribution is 5.94. The average Bonchev–Trinajstić information content (AvgIpc) is 2.86. The molecule has 0 bridgehead atoms. The van der Waals surface area contributed by atoms with Gasteiger partial charge < -0.3 is 20.4 Å². The van der Waals surface area contributed by atoms with Crippen LogP contribution in [0.5, 0.6) is 0 Å². The highest BCUT2D eigenvalue weighted by Crippen LogP contribution is 2.26. The van der Waals surface area contributed by atoms with Crippen LogP contribution in [0.1, 0.15) is 61.7 Å². The molecule has 1 saturated heterocycles. The molecule has 1 amide bonds. The molecule has 138 valence electrons. The third-order valence-corrected chi connectivity index (χ3v) is 5.57. The molecule has 5 heteroatoms. The molecular weight excluding hydrogens is 316 g/mol. The summed E-state index contributed by atoms with van der Waals surface area (Å²) >= 11 is 0. The molecule has 1 aromatic carbocycles. The van der Waals surface area contributed by atoms with Crippen molar-refractivity contribution in [2.45, 2.75) is 63.1 Å². The number of carbonyl (C=O) groups is 1. The second-order valence-electron chi connectivity index (χ2n) is 7.59. The number of aliphatic hydroxyl groups is 2. The molecule has 0 spiro atoms. The summed E-state index contributed by atoms with van der Waals surface area (Å²) in [7, 11) is 0. The second kappa shape index (κ2) is 8.19. The molecule has 2 aliphatic rings. The van der Waals surface area contributed by atoms with Crippen LogP contribution < -0.4 is 10.2 Å². The molecule has 1 heterocycles. The van der Waals surface area contributed by atoms with E-state index in [1.165, 1.54) is 12.8 Å². The summed E-state index contributed by atoms with van der Waals surface area (Å²) < 4.78 is 0. The van der Waals surface area contributed by atoms with Gasteiger partial charge in [-0.3, -0.25) is 4.79 Å². The van der Waals surface area contributed by atoms with E-state index in [1.54, 1.807) is 0 Å². The Bertz CT molecular complexity index is 557. The molecule has 0 atom stereocenters. The summed E-state index contributed by atoms with van der Waals surface area (Å²) in [5.74, 6) is -0.127. The average molecular weight is 346 g/mol. The lowest BCUT2D eigenvalue weighted by molar-refractivity contribution is 0.0246. The van der Waals surface area contributed by atoms with E-state index in [9.17, 15) is 15.0 Å². The molecule has 3 rings (SSSR count). The van der Waals surface area contributed by atoms with Crippen molar-refractivity contribution in [2.24, 2.45) is 0 Å². The van der Waals surface area contributed by atoms with Crippen molar-refractivity contribution in [3.05, 3.63) is 29.8 Å². The largest absolute Gasteiger partial charge is 0.393 e. The number of benzene rings is 1. The third-order valence-electron chi connectivity index (χ3n) is 5.57. The topological polar surface area (TPSA) is 72.8 Å². The number of nitrogens with one attached hydrogen (secondary N) is 1. The van der Waals surface area contributed by atoms with Crippen LogP contribution in [0.2, 0.25) is 0 Å². The van der Waals surface area contributed by atoms with Gasteiger partial charge in [0.25, 0.3) is 5.91 Å². The van der Waals surface area contributed by atoms with E-state index < -0.39 is 5.60 Å². The Kier molecular flexibility index (Phi) is 5.97. The van der Waals surface area contributed by atoms with Gasteiger partial charge >= 0.3 is 0 Å². The van der Waals surface area contributed by atoms with E-state index in [0.717, 1.165) is 57.3 Å². The molecule has 0 unspecified atom stereocenters. The monoisotopic (exact) mass is 346 g/mol. The Morgan fingerprint density at radius 2 is 1.68 bits per heavy atom. The summed E-state index contributed by atoms with van der Waals surface area (Å²) in [6.07, 6.45) is 7.35. The van der Waals surface area contributed by atoms with Crippen molar-refractivity contribution in [1.82, 2.24) is 5.32 Å². The zero-order valence-electron chi connectivity index (χ0n) is 14.9. The normalized spacial score (nSPS) is 21.6. The fraction of sp³-hybridized carbons (Fsp3) is 0.650. The third kappa shape index (κ3) is 4.95. The Hall–Kier alpha value is -1.59. The van der Waals surface area contributed by atoms with Crippen LogP contribution in [0.15, 0.2) is 24.3 Å². The predicted molar refractivity (Wildman–Crippen MR) is 98.9 cm³/mol. The minimum absolute atomic E-state index is 0.127. The fourth-order valence-corrected chi connectivity index (χ4v) is 3.86. The van der Waals surface area contributed by atoms with E-state index >= 15 is 0 Å². The van der Waals surface area contributed by atoms with Gasteiger partial charge in [0.15, 0.2) is 0 Å². The number of amides is 1. The van der Waals surface area contributed by atoms with Gasteiger partial charge in [0.2, 0.25) is 0 Å². The van der Waals surface area contributed by atoms with Gasteiger partial charge in [0.1, 0.15) is 0 Å². The summed E-state index contributed by atoms with van der Waals surface area (Å²) in [5.41, 5.74) is 0.963. The van der Waals surface area contributed by atoms with Gasteiger partial charge in [-0.15, -0.1) is 0 Å². The van der Waals surface area contributed by atoms with Crippen molar-refractivity contribution in [3.63, 3.8) is 0 Å². The Morgan fingerprint density at radius 3 is 2.28 bits per heavy atom. The van der Waals surface area contributed by atoms with E-state index in [-0.39, 0.29) is 12.0 Å². The van der Waals surface area contributed by atoms with E-state index in [2.05, 4.69) is 10.2 Å². The zero-order chi connectivity index (χ0) is 17.7. The second-order valence-corrected chi connectivity index (χ2v) is 7.59. The number of rotatable bonds is 4. The first-order valence-electron chi connectivity index (χ1n) is 9.59. The van der Waals surface area contributed by atoms with Crippen LogP contribution >= 0.6 is 0 Å². The number of anilines is 1. The number of nitrogens with zero attached hydrogens (tertiary/aromatic N) is 1. The highest BCUT2D eigenvalue weighted by atomic mass is 16.3. The summed E-state index contributed by atoms with van der Waals surface area (Å²) in [6, 6.07) is 7.61. The standard InChI is InChI=1S/C20H30N2O3/c23-18-9-13-22(14-10-18)17-7-5-16(6-8-17)19(24)21-15-20(25)11-3-1-2-4-12-20/h5-8,18,23,25H,1-4,9-15H2,(H,21,24). The Balaban J connectivity index is 1.53. The van der Waals surface area contributed by atoms with Crippen LogP contribution in [0.3, 0.4) is 0 Å². The molecule has 5 nitrogen and oxygen atoms in total. The zero-order valence-corrected chi connectivity index (χ0v) is 14.9. The smallest absolute Gasteiger partial charge is 0.251 e. The van der Waals surface area contributed by atoms with E-state index in [1.807, 2.05) is 24.3 Å². The first-order valence-corrected chi connectivity index (χ1v) is 9.59. The van der Waals surface area contributed by atoms with Crippen molar-refractivity contribution in [3.8, 4) is 0 Å². The summed E-state index contributed by atoms with van der Waals surface area (Å²) in [6.45, 7) is 2.02. The lowest BCUT2D eigenvalue weighted by atomic mass is 9.94. The number of hydrogen-bond donors (Lipinski definition) is 3. The van der Waals surface area contributed by atoms with Crippen LogP contribution in [0, 0.1) is 0 Å². The molecule has 1 aromatic rings. The minimum atomic E-state index is -0.749. The molecule has 3 N–H and O–H groups in total. The van der Waals surface area contributed by atoms with E-state index in [0.29, 0.717) is 12.1 Å². The van der Waals surface area contributed by atoms with Gasteiger partial charge in [-0.1, -0.05) is 25.7 Å². The fourth-order valence-electron chi connectivity index (χ4n) is 3.86. The number of aliphatic hydroxyl groups excluding tert-OH is 1. The molecule has 1 aliphatic heterocycles. The lowest BCUT2D eigenvalue weighted by Crippen LogP contribution is -2.42. The van der Waals surface area contributed by atoms with Crippen molar-refractivity contribution in [2.75, 3.05) is 24.5 Å². The molecule has 25 heavy (non-hydrogen) atoms. The minimum Gasteiger partial charge on any atom is -0.393 e. The van der Waals surface area contributed by atoms with Crippen molar-refractivity contribution in [1.29, 1.82) is 0 Å². The quantitative estimate of drug-likeness (QED) is 0.732. The maximum Gasteiger partial charge on any atom is 0.251 e. The maximum absolute atomic E-state index is 12.4. The Labute approximate surface area is 150 Å². The van der Waals surface area contributed by atoms with Crippen molar-refractivity contribution < 1.29 is 15.0 Å². The van der Waals surface area contributed by atoms with Gasteiger partial charge in [0, 0.05) is 30.9 Å². The van der Waals surface area contributed by atoms with E-state index in [4.69, 9.17) is 0 Å². The van der Waals surface area contributed by atoms with Gasteiger partial charge in [0.05, 0.1) is 11.7 Å². The van der Waals surface area contributed by atoms with Crippen LogP contribution in [-0.2, 0) is 0 Å². The molecule has 0 aromatic heterocycles. The first-order chi connectivity index (χ1) is 12.1. The lowest BCUT2D eigenvalue weighted by Gasteiger charge is -2.31. The summed E-state index contributed by atoms with van der Waals surface area (Å²) in [4.78, 5) is 14.6. The molecule has 1 saturated carbocycles. The van der Waals surface area contributed by atoms with Crippen LogP contribution in [0.25, 0.3) is 0 Å². The number of piperidine rings is 1. The maximum atomic E-state index is 12.4. The van der Waals surface area contributed by atoms with Gasteiger partial charge in [-0.05, 0) is 49.9 Å². The molecule has 2 fully saturated rings. The first kappa shape index (κ1) is 18.2. The van der Waals surface area contributed by atoms with Crippen LogP contribution in [-0.4, -0.2) is 47.5 Å². The number of carbonyl (C=O) groups excluding carboxylic acids is 1. The SMILES string of the molecule is O=C(NCC1(O)CCCCCC1)c1ccc(N2CCC(O)CC2)cc1. The number of hydrogen-bond acceptors (Lipinski definition) is 4. The van der Waals surface area contributed by atoms with Crippen molar-refractivity contribution >= 4 is 11.6 Å². The Morgan fingerprint density at radius 1 is 1.08 bits per heavy atom. The molecule has 0 radical (unpaired) electrons. The summed E-state index contributed by atoms with van der Waals surface area (Å²) in [5, 5.41) is 23.1. The molecular formula is C20H30N2O3. The highest BCUT2D eigenvalue weighted by Gasteiger charge is 2.28. The molecule has 1 aliphatic carbocycles. The van der Waals surface area contributed by atoms with Gasteiger partial charge in [-0.25, -0.2) is 0 Å².